The number of hydrogen-bond donors (Lipinski definition) is 0. The third kappa shape index (κ3) is 14.0. The van der Waals surface area contributed by atoms with Crippen molar-refractivity contribution in [3.63, 3.8) is 0 Å². The number of amides is 1. The molecule has 6 rings (SSSR count). The average molecular weight is 688 g/mol. The minimum atomic E-state index is -0.327. The summed E-state index contributed by atoms with van der Waals surface area (Å²) < 4.78 is 0. The van der Waals surface area contributed by atoms with E-state index in [0.717, 1.165) is 48.0 Å². The van der Waals surface area contributed by atoms with E-state index in [9.17, 15) is 4.79 Å². The fourth-order valence-electron chi connectivity index (χ4n) is 5.96. The zero-order valence-electron chi connectivity index (χ0n) is 29.1. The van der Waals surface area contributed by atoms with E-state index in [1.165, 1.54) is 66.5 Å². The van der Waals surface area contributed by atoms with Gasteiger partial charge in [-0.3, -0.25) is 0 Å². The number of carbonyl (C=O) groups excluding carboxylic acids is 1. The van der Waals surface area contributed by atoms with Gasteiger partial charge in [-0.15, -0.1) is 39.7 Å². The van der Waals surface area contributed by atoms with Crippen LogP contribution >= 0.6 is 0 Å². The van der Waals surface area contributed by atoms with E-state index in [1.54, 1.807) is 0 Å². The topological polar surface area (TPSA) is 40.9 Å². The van der Waals surface area contributed by atoms with E-state index in [1.807, 2.05) is 36.4 Å². The van der Waals surface area contributed by atoms with E-state index in [4.69, 9.17) is 5.73 Å². The normalized spacial score (nSPS) is 13.3. The van der Waals surface area contributed by atoms with Crippen LogP contribution in [0.1, 0.15) is 81.8 Å². The van der Waals surface area contributed by atoms with Crippen LogP contribution < -0.4 is 0 Å². The van der Waals surface area contributed by atoms with Gasteiger partial charge in [-0.1, -0.05) is 168 Å². The molecule has 2 nitrogen and oxygen atoms in total. The summed E-state index contributed by atoms with van der Waals surface area (Å²) in [6.45, 7) is 8.20. The third-order valence-electron chi connectivity index (χ3n) is 8.61. The maximum absolute atomic E-state index is 11.1. The van der Waals surface area contributed by atoms with Gasteiger partial charge in [0, 0.05) is 16.9 Å². The van der Waals surface area contributed by atoms with Gasteiger partial charge in [-0.05, 0) is 35.1 Å². The van der Waals surface area contributed by atoms with Crippen molar-refractivity contribution in [3.05, 3.63) is 160 Å². The minimum absolute atomic E-state index is 0. The first-order valence-electron chi connectivity index (χ1n) is 16.3. The van der Waals surface area contributed by atoms with Crippen molar-refractivity contribution in [2.75, 3.05) is 0 Å². The van der Waals surface area contributed by atoms with Crippen molar-refractivity contribution in [2.45, 2.75) is 70.6 Å². The first-order chi connectivity index (χ1) is 21.5. The molecule has 0 aromatic heterocycles. The summed E-state index contributed by atoms with van der Waals surface area (Å²) >= 11 is 0. The molecule has 0 unspecified atom stereocenters. The smallest absolute Gasteiger partial charge is 0.668 e. The molecule has 1 fully saturated rings. The zero-order valence-corrected chi connectivity index (χ0v) is 31.7. The van der Waals surface area contributed by atoms with Crippen molar-refractivity contribution < 1.29 is 26.5 Å². The molecule has 0 spiro atoms. The molecule has 1 aliphatic carbocycles. The Morgan fingerprint density at radius 2 is 0.854 bits per heavy atom. The summed E-state index contributed by atoms with van der Waals surface area (Å²) in [6.07, 6.45) is 13.5. The summed E-state index contributed by atoms with van der Waals surface area (Å²) in [5.74, 6) is -0.281. The molecule has 0 atom stereocenters. The summed E-state index contributed by atoms with van der Waals surface area (Å²) in [5.41, 5.74) is 11.4. The number of benzene rings is 4. The standard InChI is InChI=1S/C16H14.C13H25NO.C13H9.2CH3.Si.Ti/c1-13(15-9-5-3-6-10-15)14(2)16-11-7-4-8-12-16;14-13(15)12-10-8-6-4-2-1-3-5-7-9-11-12;1-3-7-12-10(5-1)9-11-6-2-4-8-13(11)12;;;;/h3-12H,1-2H2;12H,1-11H2,(H2,14,15);1-9H;2*1H3;;/q;;3*-1;;+4/p-1. The first kappa shape index (κ1) is 44.6. The molecule has 4 radical (unpaired) electrons. The first-order valence-corrected chi connectivity index (χ1v) is 16.3. The zero-order chi connectivity index (χ0) is 31.0. The number of nitrogens with one attached hydrogen (secondary N) is 1. The molecular formula is C44H53NOSiTi. The van der Waals surface area contributed by atoms with Crippen LogP contribution in [0.25, 0.3) is 38.4 Å². The molecule has 0 aliphatic heterocycles. The van der Waals surface area contributed by atoms with Crippen LogP contribution in [-0.2, 0) is 26.5 Å². The van der Waals surface area contributed by atoms with E-state index in [0.29, 0.717) is 0 Å². The summed E-state index contributed by atoms with van der Waals surface area (Å²) in [6, 6.07) is 39.5. The van der Waals surface area contributed by atoms with Crippen LogP contribution in [0, 0.1) is 20.8 Å². The van der Waals surface area contributed by atoms with Crippen LogP contribution in [-0.4, -0.2) is 16.9 Å². The Hall–Kier alpha value is -3.37. The molecule has 1 N–H and O–H groups in total. The number of allylic oxidation sites excluding steroid dienone is 2. The quantitative estimate of drug-likeness (QED) is 0.105. The molecule has 4 heteroatoms. The predicted molar refractivity (Wildman–Crippen MR) is 210 cm³/mol. The number of fused-ring (bicyclic) bond motifs is 3. The maximum atomic E-state index is 11.1. The van der Waals surface area contributed by atoms with Crippen molar-refractivity contribution in [3.8, 4) is 0 Å². The largest absolute Gasteiger partial charge is 4.00 e. The number of carbonyl (C=O) groups is 1. The molecule has 1 aliphatic rings. The van der Waals surface area contributed by atoms with Gasteiger partial charge >= 0.3 is 21.7 Å². The van der Waals surface area contributed by atoms with E-state index in [-0.39, 0.29) is 59.4 Å². The number of hydrogen-bond acceptors (Lipinski definition) is 1. The molecule has 1 amide bonds. The average Bonchev–Trinajstić information content (AvgIpc) is 3.44. The van der Waals surface area contributed by atoms with E-state index in [2.05, 4.69) is 92.0 Å². The molecule has 0 bridgehead atoms. The van der Waals surface area contributed by atoms with Gasteiger partial charge in [0.2, 0.25) is 0 Å². The minimum Gasteiger partial charge on any atom is -0.668 e. The maximum Gasteiger partial charge on any atom is 4.00 e. The van der Waals surface area contributed by atoms with E-state index < -0.39 is 0 Å². The Bertz CT molecular complexity index is 1500. The molecule has 5 aromatic rings. The Morgan fingerprint density at radius 1 is 0.542 bits per heavy atom. The Balaban J connectivity index is 0.000000665. The van der Waals surface area contributed by atoms with Gasteiger partial charge in [-0.2, -0.15) is 0 Å². The van der Waals surface area contributed by atoms with Crippen molar-refractivity contribution >= 4 is 49.6 Å². The van der Waals surface area contributed by atoms with E-state index >= 15 is 0 Å². The fourth-order valence-corrected chi connectivity index (χ4v) is 5.96. The molecular weight excluding hydrogens is 634 g/mol. The van der Waals surface area contributed by atoms with Crippen LogP contribution in [0.5, 0.6) is 0 Å². The predicted octanol–water partition coefficient (Wildman–Crippen LogP) is 13.1. The van der Waals surface area contributed by atoms with Gasteiger partial charge in [0.05, 0.1) is 5.91 Å². The Kier molecular flexibility index (Phi) is 23.0. The second-order valence-corrected chi connectivity index (χ2v) is 11.8. The second-order valence-electron chi connectivity index (χ2n) is 11.8. The van der Waals surface area contributed by atoms with Crippen LogP contribution in [0.2, 0.25) is 0 Å². The Labute approximate surface area is 311 Å². The summed E-state index contributed by atoms with van der Waals surface area (Å²) in [7, 11) is 0. The Morgan fingerprint density at radius 3 is 1.21 bits per heavy atom. The molecule has 0 saturated heterocycles. The van der Waals surface area contributed by atoms with Gasteiger partial charge in [0.15, 0.2) is 0 Å². The summed E-state index contributed by atoms with van der Waals surface area (Å²) in [4.78, 5) is 11.1. The van der Waals surface area contributed by atoms with Crippen LogP contribution in [0.3, 0.4) is 0 Å². The van der Waals surface area contributed by atoms with Gasteiger partial charge in [0.1, 0.15) is 0 Å². The fraction of sp³-hybridized carbons (Fsp3) is 0.273. The van der Waals surface area contributed by atoms with Crippen molar-refractivity contribution in [2.24, 2.45) is 5.92 Å². The van der Waals surface area contributed by atoms with Crippen LogP contribution in [0.15, 0.2) is 128 Å². The van der Waals surface area contributed by atoms with Crippen LogP contribution in [0.4, 0.5) is 0 Å². The molecule has 248 valence electrons. The molecule has 0 heterocycles. The van der Waals surface area contributed by atoms with Gasteiger partial charge in [0.25, 0.3) is 0 Å². The molecule has 1 saturated carbocycles. The summed E-state index contributed by atoms with van der Waals surface area (Å²) in [5, 5.41) is 5.39. The molecule has 48 heavy (non-hydrogen) atoms. The SMILES string of the molecule is C=C(C(=C)c1ccccc1)c1ccccc1.[CH3-].[CH3-].[NH-]C(=O)C1CCCCCCCCCCC1.[Si].[Ti+4].c1ccc2c(c1)[cH-]c1ccccc12. The van der Waals surface area contributed by atoms with Gasteiger partial charge < -0.3 is 25.4 Å². The number of rotatable bonds is 4. The van der Waals surface area contributed by atoms with Crippen molar-refractivity contribution in [1.82, 2.24) is 0 Å². The third-order valence-corrected chi connectivity index (χ3v) is 8.61. The van der Waals surface area contributed by atoms with Gasteiger partial charge in [-0.25, -0.2) is 0 Å². The monoisotopic (exact) mass is 687 g/mol. The van der Waals surface area contributed by atoms with Crippen molar-refractivity contribution in [1.29, 1.82) is 0 Å². The molecule has 5 aromatic carbocycles. The second kappa shape index (κ2) is 24.7.